The summed E-state index contributed by atoms with van der Waals surface area (Å²) < 4.78 is 18.1. The molecule has 2 aromatic rings. The number of Topliss-reactive ketones (excluding diaryl/α,β-unsaturated/α-hetero) is 2. The van der Waals surface area contributed by atoms with Crippen molar-refractivity contribution in [2.75, 3.05) is 11.9 Å². The number of likely N-dealkylation sites (tertiary alicyclic amines) is 2. The molecule has 2 aromatic carbocycles. The molecule has 4 fully saturated rings. The minimum Gasteiger partial charge on any atom is -0.480 e. The maximum Gasteiger partial charge on any atom is 0.411 e. The Labute approximate surface area is 372 Å². The standard InChI is InChI=1S/C22H28BrNO5.C14H23NO4.C8H6Br2O/c1-22(2,3)29-21(27)24-17-7-5-4-6-15(17)12-18(24)20(26)28-13-19(25)14-8-10-16(23)11-9-14;1-14(2,3)19-13(18)15-10-7-5-4-6-9(10)8-11(15)12(16)17;9-5-8(11)6-1-3-7(10)4-2-6/h8-11,15,17-18H,4-7,12-13H2,1-3H3;9-11H,4-8H2,1-3H3,(H,16,17);1-4H,5H2/t15?,17?,18-;;/m0../s1. The van der Waals surface area contributed by atoms with Gasteiger partial charge in [0.1, 0.15) is 23.3 Å². The summed E-state index contributed by atoms with van der Waals surface area (Å²) >= 11 is 9.73. The van der Waals surface area contributed by atoms with Gasteiger partial charge < -0.3 is 19.3 Å². The molecule has 4 aliphatic rings. The third-order valence-electron chi connectivity index (χ3n) is 10.7. The van der Waals surface area contributed by atoms with Crippen molar-refractivity contribution >= 4 is 83.5 Å². The second-order valence-electron chi connectivity index (χ2n) is 17.4. The van der Waals surface area contributed by atoms with E-state index in [4.69, 9.17) is 14.2 Å². The molecule has 324 valence electrons. The van der Waals surface area contributed by atoms with Crippen molar-refractivity contribution in [3.05, 3.63) is 68.6 Å². The second kappa shape index (κ2) is 21.5. The lowest BCUT2D eigenvalue weighted by molar-refractivity contribution is -0.148. The number of carbonyl (C=O) groups excluding carboxylic acids is 5. The molecule has 0 aromatic heterocycles. The Balaban J connectivity index is 0.000000219. The number of amides is 2. The summed E-state index contributed by atoms with van der Waals surface area (Å²) in [5.74, 6) is -1.02. The van der Waals surface area contributed by atoms with Gasteiger partial charge in [-0.2, -0.15) is 0 Å². The molecule has 5 unspecified atom stereocenters. The van der Waals surface area contributed by atoms with E-state index in [1.807, 2.05) is 32.9 Å². The first-order valence-electron chi connectivity index (χ1n) is 20.2. The fourth-order valence-corrected chi connectivity index (χ4v) is 9.02. The molecule has 59 heavy (non-hydrogen) atoms. The molecular weight excluding hydrogens is 956 g/mol. The highest BCUT2D eigenvalue weighted by atomic mass is 79.9. The summed E-state index contributed by atoms with van der Waals surface area (Å²) in [6.45, 7) is 10.5. The van der Waals surface area contributed by atoms with Crippen LogP contribution in [0.3, 0.4) is 0 Å². The normalized spacial score (nSPS) is 23.5. The van der Waals surface area contributed by atoms with Crippen LogP contribution in [0.15, 0.2) is 57.5 Å². The molecular formula is C44H57Br3N2O10. The Hall–Kier alpha value is -3.30. The summed E-state index contributed by atoms with van der Waals surface area (Å²) in [5, 5.41) is 9.71. The van der Waals surface area contributed by atoms with Gasteiger partial charge in [0.05, 0.1) is 5.33 Å². The minimum absolute atomic E-state index is 0.00155. The van der Waals surface area contributed by atoms with E-state index in [1.54, 1.807) is 62.1 Å². The molecule has 12 nitrogen and oxygen atoms in total. The number of ether oxygens (including phenoxy) is 3. The van der Waals surface area contributed by atoms with Crippen molar-refractivity contribution in [3.8, 4) is 0 Å². The van der Waals surface area contributed by atoms with Gasteiger partial charge in [-0.1, -0.05) is 97.7 Å². The zero-order valence-corrected chi connectivity index (χ0v) is 39.5. The predicted octanol–water partition coefficient (Wildman–Crippen LogP) is 10.4. The van der Waals surface area contributed by atoms with E-state index in [9.17, 15) is 33.9 Å². The number of halogens is 3. The van der Waals surface area contributed by atoms with Gasteiger partial charge in [-0.05, 0) is 116 Å². The first-order valence-corrected chi connectivity index (χ1v) is 23.0. The lowest BCUT2D eigenvalue weighted by Crippen LogP contribution is -2.48. The largest absolute Gasteiger partial charge is 0.480 e. The van der Waals surface area contributed by atoms with Gasteiger partial charge in [0.15, 0.2) is 18.2 Å². The van der Waals surface area contributed by atoms with E-state index in [2.05, 4.69) is 47.8 Å². The van der Waals surface area contributed by atoms with Crippen LogP contribution in [0.4, 0.5) is 9.59 Å². The molecule has 2 aliphatic heterocycles. The van der Waals surface area contributed by atoms with Crippen molar-refractivity contribution < 1.29 is 48.1 Å². The number of benzene rings is 2. The number of hydrogen-bond acceptors (Lipinski definition) is 9. The van der Waals surface area contributed by atoms with Crippen LogP contribution in [0.5, 0.6) is 0 Å². The summed E-state index contributed by atoms with van der Waals surface area (Å²) in [4.78, 5) is 75.8. The van der Waals surface area contributed by atoms with Crippen LogP contribution in [0, 0.1) is 11.8 Å². The number of carboxylic acid groups (broad SMARTS) is 1. The molecule has 0 radical (unpaired) electrons. The fraction of sp³-hybridized carbons (Fsp3) is 0.591. The van der Waals surface area contributed by atoms with Crippen molar-refractivity contribution in [3.63, 3.8) is 0 Å². The first-order chi connectivity index (χ1) is 27.7. The summed E-state index contributed by atoms with van der Waals surface area (Å²) in [6, 6.07) is 12.8. The number of fused-ring (bicyclic) bond motifs is 2. The van der Waals surface area contributed by atoms with Crippen molar-refractivity contribution in [2.45, 2.75) is 141 Å². The maximum atomic E-state index is 12.8. The minimum atomic E-state index is -0.916. The molecule has 2 amide bonds. The number of ketones is 2. The summed E-state index contributed by atoms with van der Waals surface area (Å²) in [7, 11) is 0. The number of alkyl halides is 1. The zero-order valence-electron chi connectivity index (χ0n) is 34.7. The lowest BCUT2D eigenvalue weighted by Gasteiger charge is -2.34. The van der Waals surface area contributed by atoms with Crippen LogP contribution in [-0.4, -0.2) is 97.9 Å². The Morgan fingerprint density at radius 1 is 0.627 bits per heavy atom. The number of carboxylic acids is 1. The number of rotatable bonds is 7. The third kappa shape index (κ3) is 14.1. The monoisotopic (exact) mass is 1010 g/mol. The van der Waals surface area contributed by atoms with Crippen molar-refractivity contribution in [1.82, 2.24) is 9.80 Å². The quantitative estimate of drug-likeness (QED) is 0.123. The third-order valence-corrected chi connectivity index (χ3v) is 12.3. The van der Waals surface area contributed by atoms with Gasteiger partial charge >= 0.3 is 24.1 Å². The Morgan fingerprint density at radius 3 is 1.42 bits per heavy atom. The van der Waals surface area contributed by atoms with Gasteiger partial charge in [0.2, 0.25) is 0 Å². The molecule has 2 saturated heterocycles. The topological polar surface area (TPSA) is 157 Å². The fourth-order valence-electron chi connectivity index (χ4n) is 8.17. The van der Waals surface area contributed by atoms with Gasteiger partial charge in [-0.3, -0.25) is 19.4 Å². The molecule has 2 heterocycles. The molecule has 0 bridgehead atoms. The zero-order chi connectivity index (χ0) is 43.7. The number of carbonyl (C=O) groups is 6. The Kier molecular flexibility index (Phi) is 17.6. The first kappa shape index (κ1) is 48.4. The highest BCUT2D eigenvalue weighted by Crippen LogP contribution is 2.42. The Morgan fingerprint density at radius 2 is 1.02 bits per heavy atom. The van der Waals surface area contributed by atoms with E-state index < -0.39 is 47.4 Å². The number of esters is 1. The average molecular weight is 1010 g/mol. The van der Waals surface area contributed by atoms with Gasteiger partial charge in [0, 0.05) is 32.2 Å². The van der Waals surface area contributed by atoms with Crippen LogP contribution < -0.4 is 0 Å². The molecule has 6 atom stereocenters. The number of hydrogen-bond donors (Lipinski definition) is 1. The second-order valence-corrected chi connectivity index (χ2v) is 19.8. The van der Waals surface area contributed by atoms with E-state index in [1.165, 1.54) is 4.90 Å². The highest BCUT2D eigenvalue weighted by Gasteiger charge is 2.50. The van der Waals surface area contributed by atoms with Crippen molar-refractivity contribution in [2.24, 2.45) is 11.8 Å². The maximum absolute atomic E-state index is 12.8. The summed E-state index contributed by atoms with van der Waals surface area (Å²) in [5.41, 5.74) is -0.0157. The van der Waals surface area contributed by atoms with Crippen LogP contribution >= 0.6 is 47.8 Å². The van der Waals surface area contributed by atoms with Gasteiger partial charge in [0.25, 0.3) is 0 Å². The molecule has 6 rings (SSSR count). The molecule has 1 N–H and O–H groups in total. The van der Waals surface area contributed by atoms with E-state index in [0.29, 0.717) is 29.7 Å². The number of nitrogens with zero attached hydrogens (tertiary/aromatic N) is 2. The SMILES string of the molecule is CC(C)(C)OC(=O)N1C(C(=O)O)CC2CCCCC21.CC(C)(C)OC(=O)N1C2CCCCC2C[C@H]1C(=O)OCC(=O)c1ccc(Br)cc1.O=C(CBr)c1ccc(Br)cc1. The Bertz CT molecular complexity index is 1790. The lowest BCUT2D eigenvalue weighted by atomic mass is 9.85. The average Bonchev–Trinajstić information content (AvgIpc) is 3.76. The van der Waals surface area contributed by atoms with E-state index in [-0.39, 0.29) is 36.2 Å². The molecule has 15 heteroatoms. The molecule has 0 spiro atoms. The highest BCUT2D eigenvalue weighted by molar-refractivity contribution is 9.10. The van der Waals surface area contributed by atoms with Crippen LogP contribution in [-0.2, 0) is 23.8 Å². The van der Waals surface area contributed by atoms with Crippen LogP contribution in [0.2, 0.25) is 0 Å². The smallest absolute Gasteiger partial charge is 0.411 e. The molecule has 2 aliphatic carbocycles. The molecule has 2 saturated carbocycles. The van der Waals surface area contributed by atoms with E-state index in [0.717, 1.165) is 65.9 Å². The predicted molar refractivity (Wildman–Crippen MR) is 234 cm³/mol. The van der Waals surface area contributed by atoms with Crippen molar-refractivity contribution in [1.29, 1.82) is 0 Å². The van der Waals surface area contributed by atoms with Crippen LogP contribution in [0.1, 0.15) is 126 Å². The van der Waals surface area contributed by atoms with Gasteiger partial charge in [-0.25, -0.2) is 19.2 Å². The number of aliphatic carboxylic acids is 1. The summed E-state index contributed by atoms with van der Waals surface area (Å²) in [6.07, 6.45) is 8.29. The van der Waals surface area contributed by atoms with E-state index >= 15 is 0 Å². The van der Waals surface area contributed by atoms with Gasteiger partial charge in [-0.15, -0.1) is 0 Å². The van der Waals surface area contributed by atoms with Crippen LogP contribution in [0.25, 0.3) is 0 Å².